The number of imide groups is 1. The zero-order chi connectivity index (χ0) is 20.3. The molecular weight excluding hydrogens is 390 g/mol. The third kappa shape index (κ3) is 3.08. The number of urea groups is 1. The topological polar surface area (TPSA) is 60.9 Å². The minimum absolute atomic E-state index is 0.0883. The minimum atomic E-state index is -0.293. The molecule has 7 heteroatoms. The molecule has 0 atom stereocenters. The van der Waals surface area contributed by atoms with Crippen LogP contribution in [0.1, 0.15) is 34.3 Å². The van der Waals surface area contributed by atoms with Gasteiger partial charge in [-0.3, -0.25) is 14.5 Å². The summed E-state index contributed by atoms with van der Waals surface area (Å²) in [5.74, 6) is -0.0732. The van der Waals surface area contributed by atoms with Crippen molar-refractivity contribution in [2.24, 2.45) is 0 Å². The highest BCUT2D eigenvalue weighted by Crippen LogP contribution is 2.37. The quantitative estimate of drug-likeness (QED) is 0.726. The Morgan fingerprint density at radius 2 is 1.76 bits per heavy atom. The smallest absolute Gasteiger partial charge is 0.327 e. The van der Waals surface area contributed by atoms with Crippen LogP contribution in [0.25, 0.3) is 11.1 Å². The Hall–Kier alpha value is -2.86. The molecule has 3 aliphatic rings. The average molecular weight is 410 g/mol. The summed E-state index contributed by atoms with van der Waals surface area (Å²) in [6, 6.07) is 11.7. The van der Waals surface area contributed by atoms with Crippen LogP contribution in [0.15, 0.2) is 36.4 Å². The third-order valence-electron chi connectivity index (χ3n) is 5.90. The van der Waals surface area contributed by atoms with Crippen LogP contribution in [0.5, 0.6) is 0 Å². The number of rotatable bonds is 4. The fourth-order valence-corrected chi connectivity index (χ4v) is 4.39. The largest absolute Gasteiger partial charge is 0.331 e. The van der Waals surface area contributed by atoms with Crippen LogP contribution in [0.2, 0.25) is 5.02 Å². The third-order valence-corrected chi connectivity index (χ3v) is 6.21. The van der Waals surface area contributed by atoms with Crippen LogP contribution in [-0.2, 0) is 17.9 Å². The Kier molecular flexibility index (Phi) is 4.13. The predicted molar refractivity (Wildman–Crippen MR) is 108 cm³/mol. The Balaban J connectivity index is 1.38. The van der Waals surface area contributed by atoms with Gasteiger partial charge in [-0.2, -0.15) is 0 Å². The average Bonchev–Trinajstić information content (AvgIpc) is 3.45. The molecule has 2 aromatic rings. The summed E-state index contributed by atoms with van der Waals surface area (Å²) in [5.41, 5.74) is 4.55. The van der Waals surface area contributed by atoms with E-state index in [1.165, 1.54) is 11.9 Å². The molecule has 0 unspecified atom stereocenters. The first-order valence-electron chi connectivity index (χ1n) is 9.70. The van der Waals surface area contributed by atoms with Crippen molar-refractivity contribution in [3.8, 4) is 11.1 Å². The van der Waals surface area contributed by atoms with E-state index in [1.807, 2.05) is 41.3 Å². The van der Waals surface area contributed by atoms with Gasteiger partial charge in [0.25, 0.3) is 5.91 Å². The number of benzene rings is 2. The highest BCUT2D eigenvalue weighted by molar-refractivity contribution is 6.33. The number of likely N-dealkylation sites (N-methyl/N-ethyl adjacent to an activating group) is 1. The lowest BCUT2D eigenvalue weighted by molar-refractivity contribution is -0.124. The Morgan fingerprint density at radius 3 is 2.41 bits per heavy atom. The van der Waals surface area contributed by atoms with E-state index in [0.717, 1.165) is 45.6 Å². The lowest BCUT2D eigenvalue weighted by Gasteiger charge is -2.16. The van der Waals surface area contributed by atoms with Crippen molar-refractivity contribution >= 4 is 29.4 Å². The van der Waals surface area contributed by atoms with E-state index in [9.17, 15) is 14.4 Å². The van der Waals surface area contributed by atoms with Crippen LogP contribution in [0, 0.1) is 0 Å². The molecule has 2 aliphatic heterocycles. The second-order valence-electron chi connectivity index (χ2n) is 7.94. The van der Waals surface area contributed by atoms with Gasteiger partial charge in [0.05, 0.1) is 0 Å². The van der Waals surface area contributed by atoms with Crippen LogP contribution in [0.3, 0.4) is 0 Å². The first-order chi connectivity index (χ1) is 13.9. The summed E-state index contributed by atoms with van der Waals surface area (Å²) in [7, 11) is 1.49. The number of carbonyl (C=O) groups excluding carboxylic acids is 3. The van der Waals surface area contributed by atoms with Gasteiger partial charge in [0.1, 0.15) is 6.54 Å². The molecule has 6 nitrogen and oxygen atoms in total. The maximum Gasteiger partial charge on any atom is 0.327 e. The van der Waals surface area contributed by atoms with Crippen molar-refractivity contribution in [1.29, 1.82) is 0 Å². The van der Waals surface area contributed by atoms with E-state index in [2.05, 4.69) is 0 Å². The summed E-state index contributed by atoms with van der Waals surface area (Å²) >= 11 is 6.55. The number of fused-ring (bicyclic) bond motifs is 1. The lowest BCUT2D eigenvalue weighted by Crippen LogP contribution is -2.29. The van der Waals surface area contributed by atoms with Crippen LogP contribution >= 0.6 is 11.6 Å². The van der Waals surface area contributed by atoms with E-state index in [1.54, 1.807) is 0 Å². The first-order valence-corrected chi connectivity index (χ1v) is 10.1. The van der Waals surface area contributed by atoms with Crippen molar-refractivity contribution in [2.45, 2.75) is 32.0 Å². The Labute approximate surface area is 173 Å². The fourth-order valence-electron chi connectivity index (χ4n) is 4.08. The van der Waals surface area contributed by atoms with Crippen LogP contribution < -0.4 is 0 Å². The summed E-state index contributed by atoms with van der Waals surface area (Å²) in [4.78, 5) is 40.9. The summed E-state index contributed by atoms with van der Waals surface area (Å²) < 4.78 is 0. The molecule has 5 rings (SSSR count). The van der Waals surface area contributed by atoms with Gasteiger partial charge in [0.2, 0.25) is 5.91 Å². The second-order valence-corrected chi connectivity index (χ2v) is 8.35. The molecule has 1 saturated heterocycles. The number of hydrogen-bond acceptors (Lipinski definition) is 3. The van der Waals surface area contributed by atoms with Crippen LogP contribution in [0.4, 0.5) is 4.79 Å². The van der Waals surface area contributed by atoms with E-state index >= 15 is 0 Å². The van der Waals surface area contributed by atoms with Crippen molar-refractivity contribution < 1.29 is 14.4 Å². The summed E-state index contributed by atoms with van der Waals surface area (Å²) in [5, 5.41) is 0.581. The fraction of sp³-hybridized carbons (Fsp3) is 0.318. The zero-order valence-electron chi connectivity index (χ0n) is 16.0. The molecule has 29 heavy (non-hydrogen) atoms. The van der Waals surface area contributed by atoms with Crippen LogP contribution in [-0.4, -0.2) is 52.2 Å². The van der Waals surface area contributed by atoms with Gasteiger partial charge >= 0.3 is 6.03 Å². The maximum absolute atomic E-state index is 12.5. The molecule has 0 radical (unpaired) electrons. The first kappa shape index (κ1) is 18.2. The van der Waals surface area contributed by atoms with Crippen molar-refractivity contribution in [1.82, 2.24) is 14.7 Å². The van der Waals surface area contributed by atoms with Gasteiger partial charge in [0, 0.05) is 42.3 Å². The molecule has 0 N–H and O–H groups in total. The van der Waals surface area contributed by atoms with Gasteiger partial charge in [-0.05, 0) is 47.7 Å². The SMILES string of the molecule is CN1C(=O)CN(Cc2ccc(-c3ccc4c(c3)CN(C3CC3)C4=O)c(Cl)c2)C1=O. The highest BCUT2D eigenvalue weighted by atomic mass is 35.5. The Bertz CT molecular complexity index is 1060. The van der Waals surface area contributed by atoms with E-state index < -0.39 is 0 Å². The molecule has 4 amide bonds. The van der Waals surface area contributed by atoms with Crippen molar-refractivity contribution in [3.63, 3.8) is 0 Å². The predicted octanol–water partition coefficient (Wildman–Crippen LogP) is 3.52. The van der Waals surface area contributed by atoms with E-state index in [4.69, 9.17) is 11.6 Å². The van der Waals surface area contributed by atoms with Crippen molar-refractivity contribution in [3.05, 3.63) is 58.1 Å². The normalized spacial score (nSPS) is 18.8. The molecule has 0 aromatic heterocycles. The second kappa shape index (κ2) is 6.59. The number of halogens is 1. The minimum Gasteiger partial charge on any atom is -0.331 e. The van der Waals surface area contributed by atoms with Gasteiger partial charge < -0.3 is 9.80 Å². The summed E-state index contributed by atoms with van der Waals surface area (Å²) in [6.45, 7) is 1.09. The number of carbonyl (C=O) groups is 3. The molecule has 0 bridgehead atoms. The van der Waals surface area contributed by atoms with E-state index in [0.29, 0.717) is 24.2 Å². The van der Waals surface area contributed by atoms with Gasteiger partial charge in [-0.25, -0.2) is 4.79 Å². The molecule has 1 saturated carbocycles. The molecular formula is C22H20ClN3O3. The van der Waals surface area contributed by atoms with Gasteiger partial charge in [0.15, 0.2) is 0 Å². The van der Waals surface area contributed by atoms with Gasteiger partial charge in [-0.15, -0.1) is 0 Å². The molecule has 148 valence electrons. The maximum atomic E-state index is 12.5. The van der Waals surface area contributed by atoms with E-state index in [-0.39, 0.29) is 24.4 Å². The number of amides is 4. The lowest BCUT2D eigenvalue weighted by atomic mass is 9.99. The Morgan fingerprint density at radius 1 is 1.00 bits per heavy atom. The molecule has 1 aliphatic carbocycles. The molecule has 2 fully saturated rings. The molecule has 2 heterocycles. The number of nitrogens with zero attached hydrogens (tertiary/aromatic N) is 3. The molecule has 0 spiro atoms. The van der Waals surface area contributed by atoms with Gasteiger partial charge in [-0.1, -0.05) is 29.8 Å². The number of hydrogen-bond donors (Lipinski definition) is 0. The standard InChI is InChI=1S/C22H20ClN3O3/c1-24-20(27)12-25(22(24)29)10-13-2-6-17(19(23)8-13)14-3-7-18-15(9-14)11-26(21(18)28)16-4-5-16/h2-3,6-9,16H,4-5,10-12H2,1H3. The highest BCUT2D eigenvalue weighted by Gasteiger charge is 2.38. The summed E-state index contributed by atoms with van der Waals surface area (Å²) in [6.07, 6.45) is 2.20. The zero-order valence-corrected chi connectivity index (χ0v) is 16.8. The molecule has 2 aromatic carbocycles. The monoisotopic (exact) mass is 409 g/mol. The van der Waals surface area contributed by atoms with Crippen molar-refractivity contribution in [2.75, 3.05) is 13.6 Å².